The van der Waals surface area contributed by atoms with Gasteiger partial charge in [-0.15, -0.1) is 0 Å². The summed E-state index contributed by atoms with van der Waals surface area (Å²) in [5.41, 5.74) is 0.602. The van der Waals surface area contributed by atoms with Crippen LogP contribution in [0.25, 0.3) is 0 Å². The van der Waals surface area contributed by atoms with Crippen molar-refractivity contribution < 1.29 is 4.79 Å². The number of ketones is 1. The molecule has 0 aromatic carbocycles. The van der Waals surface area contributed by atoms with Crippen LogP contribution in [0, 0.1) is 0 Å². The number of carbonyl (C=O) groups excluding carboxylic acids is 1. The first-order chi connectivity index (χ1) is 6.63. The van der Waals surface area contributed by atoms with E-state index in [0.29, 0.717) is 5.57 Å². The van der Waals surface area contributed by atoms with Gasteiger partial charge in [-0.25, -0.2) is 0 Å². The van der Waals surface area contributed by atoms with Crippen LogP contribution in [0.1, 0.15) is 41.0 Å². The van der Waals surface area contributed by atoms with E-state index in [9.17, 15) is 4.79 Å². The molecule has 0 amide bonds. The van der Waals surface area contributed by atoms with Crippen LogP contribution < -0.4 is 0 Å². The number of carbonyl (C=O) groups is 1. The van der Waals surface area contributed by atoms with Crippen molar-refractivity contribution in [2.24, 2.45) is 0 Å². The van der Waals surface area contributed by atoms with E-state index >= 15 is 0 Å². The zero-order valence-corrected chi connectivity index (χ0v) is 10.3. The van der Waals surface area contributed by atoms with Crippen LogP contribution in [0.15, 0.2) is 37.0 Å². The maximum atomic E-state index is 10.6. The second kappa shape index (κ2) is 17.8. The second-order valence-electron chi connectivity index (χ2n) is 2.33. The Labute approximate surface area is 89.2 Å². The molecule has 1 heteroatoms. The Balaban J connectivity index is -0.000000205. The van der Waals surface area contributed by atoms with Gasteiger partial charge in [0.15, 0.2) is 5.78 Å². The number of hydrogen-bond donors (Lipinski definition) is 0. The predicted molar refractivity (Wildman–Crippen MR) is 66.5 cm³/mol. The highest BCUT2D eigenvalue weighted by atomic mass is 16.1. The molecule has 0 aliphatic carbocycles. The molecule has 1 nitrogen and oxygen atoms in total. The Morgan fingerprint density at radius 1 is 1.21 bits per heavy atom. The van der Waals surface area contributed by atoms with Crippen LogP contribution in [0.3, 0.4) is 0 Å². The van der Waals surface area contributed by atoms with Crippen molar-refractivity contribution in [3.8, 4) is 0 Å². The molecule has 14 heavy (non-hydrogen) atoms. The minimum absolute atomic E-state index is 0.0184. The summed E-state index contributed by atoms with van der Waals surface area (Å²) in [6, 6.07) is 0. The summed E-state index contributed by atoms with van der Waals surface area (Å²) >= 11 is 0. The van der Waals surface area contributed by atoms with E-state index in [1.165, 1.54) is 19.4 Å². The molecule has 0 aliphatic rings. The normalized spacial score (nSPS) is 8.50. The minimum Gasteiger partial charge on any atom is -0.295 e. The summed E-state index contributed by atoms with van der Waals surface area (Å²) in [6.45, 7) is 16.7. The lowest BCUT2D eigenvalue weighted by Gasteiger charge is -1.88. The van der Waals surface area contributed by atoms with Crippen LogP contribution in [-0.4, -0.2) is 5.78 Å². The van der Waals surface area contributed by atoms with E-state index in [-0.39, 0.29) is 5.78 Å². The third-order valence-electron chi connectivity index (χ3n) is 0.924. The zero-order valence-electron chi connectivity index (χ0n) is 10.3. The minimum atomic E-state index is 0.0184. The molecule has 0 rings (SSSR count). The van der Waals surface area contributed by atoms with Gasteiger partial charge >= 0.3 is 0 Å². The highest BCUT2D eigenvalue weighted by molar-refractivity contribution is 5.96. The Morgan fingerprint density at radius 3 is 1.64 bits per heavy atom. The topological polar surface area (TPSA) is 17.1 Å². The van der Waals surface area contributed by atoms with Crippen LogP contribution in [0.2, 0.25) is 0 Å². The van der Waals surface area contributed by atoms with Gasteiger partial charge in [-0.1, -0.05) is 65.5 Å². The second-order valence-corrected chi connectivity index (χ2v) is 2.33. The van der Waals surface area contributed by atoms with Crippen molar-refractivity contribution in [3.63, 3.8) is 0 Å². The van der Waals surface area contributed by atoms with Crippen molar-refractivity contribution in [2.45, 2.75) is 41.0 Å². The summed E-state index contributed by atoms with van der Waals surface area (Å²) in [4.78, 5) is 10.6. The quantitative estimate of drug-likeness (QED) is 0.485. The summed E-state index contributed by atoms with van der Waals surface area (Å²) in [7, 11) is 0. The molecule has 0 aliphatic heterocycles. The Kier molecular flexibility index (Phi) is 23.7. The van der Waals surface area contributed by atoms with Gasteiger partial charge < -0.3 is 0 Å². The molecule has 0 unspecified atom stereocenters. The van der Waals surface area contributed by atoms with Crippen molar-refractivity contribution in [2.75, 3.05) is 0 Å². The zero-order chi connectivity index (χ0) is 12.0. The van der Waals surface area contributed by atoms with Gasteiger partial charge in [-0.05, 0) is 6.92 Å². The van der Waals surface area contributed by atoms with Gasteiger partial charge in [0.2, 0.25) is 0 Å². The smallest absolute Gasteiger partial charge is 0.159 e. The van der Waals surface area contributed by atoms with E-state index in [4.69, 9.17) is 0 Å². The number of allylic oxidation sites excluding steroid dienone is 4. The molecule has 0 aromatic rings. The molecule has 0 saturated carbocycles. The SMILES string of the molecule is C=C/C=C(\C=C)C(C)=O.CC.CCC. The lowest BCUT2D eigenvalue weighted by molar-refractivity contribution is -0.113. The molecule has 0 fully saturated rings. The van der Waals surface area contributed by atoms with Crippen molar-refractivity contribution >= 4 is 5.78 Å². The Morgan fingerprint density at radius 2 is 1.57 bits per heavy atom. The van der Waals surface area contributed by atoms with Crippen molar-refractivity contribution in [1.29, 1.82) is 0 Å². The molecule has 0 atom stereocenters. The Hall–Kier alpha value is -1.11. The van der Waals surface area contributed by atoms with Crippen LogP contribution in [-0.2, 0) is 4.79 Å². The van der Waals surface area contributed by atoms with E-state index in [1.807, 2.05) is 13.8 Å². The molecular formula is C13H24O. The van der Waals surface area contributed by atoms with E-state index in [0.717, 1.165) is 0 Å². The van der Waals surface area contributed by atoms with E-state index in [2.05, 4.69) is 27.0 Å². The maximum Gasteiger partial charge on any atom is 0.159 e. The number of hydrogen-bond acceptors (Lipinski definition) is 1. The summed E-state index contributed by atoms with van der Waals surface area (Å²) in [5.74, 6) is 0.0184. The first-order valence-electron chi connectivity index (χ1n) is 5.10. The monoisotopic (exact) mass is 196 g/mol. The van der Waals surface area contributed by atoms with Gasteiger partial charge in [-0.3, -0.25) is 4.79 Å². The molecule has 0 bridgehead atoms. The molecule has 0 saturated heterocycles. The molecule has 0 aromatic heterocycles. The summed E-state index contributed by atoms with van der Waals surface area (Å²) in [5, 5.41) is 0. The Bertz CT molecular complexity index is 176. The van der Waals surface area contributed by atoms with E-state index < -0.39 is 0 Å². The highest BCUT2D eigenvalue weighted by Crippen LogP contribution is 1.95. The fourth-order valence-corrected chi connectivity index (χ4v) is 0.456. The predicted octanol–water partition coefficient (Wildman–Crippen LogP) is 4.32. The lowest BCUT2D eigenvalue weighted by Crippen LogP contribution is -1.90. The standard InChI is InChI=1S/C8H10O.C3H8.C2H6/c1-4-6-8(5-2)7(3)9;1-3-2;1-2/h4-6H,1-2H2,3H3;3H2,1-2H3;1-2H3/b8-6+;;. The largest absolute Gasteiger partial charge is 0.295 e. The fraction of sp³-hybridized carbons (Fsp3) is 0.462. The van der Waals surface area contributed by atoms with Gasteiger partial charge in [0.1, 0.15) is 0 Å². The average Bonchev–Trinajstić information content (AvgIpc) is 2.18. The van der Waals surface area contributed by atoms with Gasteiger partial charge in [0, 0.05) is 5.57 Å². The molecule has 0 radical (unpaired) electrons. The average molecular weight is 196 g/mol. The van der Waals surface area contributed by atoms with Crippen LogP contribution >= 0.6 is 0 Å². The van der Waals surface area contributed by atoms with Gasteiger partial charge in [-0.2, -0.15) is 0 Å². The first-order valence-corrected chi connectivity index (χ1v) is 5.10. The first kappa shape index (κ1) is 18.6. The summed E-state index contributed by atoms with van der Waals surface area (Å²) < 4.78 is 0. The van der Waals surface area contributed by atoms with Crippen molar-refractivity contribution in [1.82, 2.24) is 0 Å². The third kappa shape index (κ3) is 17.1. The van der Waals surface area contributed by atoms with Gasteiger partial charge in [0.25, 0.3) is 0 Å². The molecule has 0 spiro atoms. The van der Waals surface area contributed by atoms with Crippen molar-refractivity contribution in [3.05, 3.63) is 37.0 Å². The van der Waals surface area contributed by atoms with Crippen LogP contribution in [0.4, 0.5) is 0 Å². The molecule has 0 N–H and O–H groups in total. The molecule has 82 valence electrons. The van der Waals surface area contributed by atoms with Gasteiger partial charge in [0.05, 0.1) is 0 Å². The fourth-order valence-electron chi connectivity index (χ4n) is 0.456. The maximum absolute atomic E-state index is 10.6. The summed E-state index contributed by atoms with van der Waals surface area (Å²) in [6.07, 6.45) is 5.97. The lowest BCUT2D eigenvalue weighted by atomic mass is 10.2. The van der Waals surface area contributed by atoms with E-state index in [1.54, 1.807) is 12.2 Å². The third-order valence-corrected chi connectivity index (χ3v) is 0.924. The number of Topliss-reactive ketones (excluding diaryl/α,β-unsaturated/α-hetero) is 1. The highest BCUT2D eigenvalue weighted by Gasteiger charge is 1.93. The molecular weight excluding hydrogens is 172 g/mol. The molecule has 0 heterocycles. The number of rotatable bonds is 3. The van der Waals surface area contributed by atoms with Crippen LogP contribution in [0.5, 0.6) is 0 Å².